The molecule has 1 spiro atoms. The highest BCUT2D eigenvalue weighted by Crippen LogP contribution is 2.32. The molecule has 0 atom stereocenters. The number of carbonyl (C=O) groups is 2. The molecule has 24 heavy (non-hydrogen) atoms. The first-order valence-electron chi connectivity index (χ1n) is 8.80. The van der Waals surface area contributed by atoms with Crippen LogP contribution in [0.15, 0.2) is 24.3 Å². The Morgan fingerprint density at radius 1 is 1.29 bits per heavy atom. The van der Waals surface area contributed by atoms with Gasteiger partial charge in [0.1, 0.15) is 0 Å². The summed E-state index contributed by atoms with van der Waals surface area (Å²) < 4.78 is 5.52. The van der Waals surface area contributed by atoms with Crippen molar-refractivity contribution in [2.45, 2.75) is 38.6 Å². The van der Waals surface area contributed by atoms with Crippen molar-refractivity contribution < 1.29 is 14.3 Å². The highest BCUT2D eigenvalue weighted by molar-refractivity contribution is 5.95. The number of rotatable bonds is 2. The van der Waals surface area contributed by atoms with Crippen LogP contribution < -0.4 is 0 Å². The summed E-state index contributed by atoms with van der Waals surface area (Å²) in [5.41, 5.74) is 1.50. The third-order valence-corrected chi connectivity index (χ3v) is 5.25. The van der Waals surface area contributed by atoms with Gasteiger partial charge in [0.05, 0.1) is 5.54 Å². The quantitative estimate of drug-likeness (QED) is 0.835. The molecule has 2 amide bonds. The fourth-order valence-corrected chi connectivity index (χ4v) is 3.97. The minimum absolute atomic E-state index is 0.0234. The Hall–Kier alpha value is -1.88. The molecule has 0 bridgehead atoms. The van der Waals surface area contributed by atoms with Gasteiger partial charge >= 0.3 is 0 Å². The van der Waals surface area contributed by atoms with Gasteiger partial charge in [-0.25, -0.2) is 0 Å². The number of likely N-dealkylation sites (N-methyl/N-ethyl adjacent to an activating group) is 1. The molecule has 0 aromatic heterocycles. The van der Waals surface area contributed by atoms with Crippen LogP contribution in [0.4, 0.5) is 0 Å². The Morgan fingerprint density at radius 3 is 2.71 bits per heavy atom. The predicted octanol–water partition coefficient (Wildman–Crippen LogP) is 2.24. The molecule has 2 aliphatic rings. The number of hydrogen-bond acceptors (Lipinski definition) is 3. The Morgan fingerprint density at radius 2 is 2.04 bits per heavy atom. The van der Waals surface area contributed by atoms with Crippen LogP contribution in [0.2, 0.25) is 0 Å². The maximum Gasteiger partial charge on any atom is 0.253 e. The summed E-state index contributed by atoms with van der Waals surface area (Å²) >= 11 is 0. The van der Waals surface area contributed by atoms with Gasteiger partial charge in [0.15, 0.2) is 0 Å². The molecule has 0 saturated carbocycles. The number of benzene rings is 1. The number of amides is 2. The van der Waals surface area contributed by atoms with E-state index in [-0.39, 0.29) is 17.4 Å². The van der Waals surface area contributed by atoms with E-state index in [1.165, 1.54) is 0 Å². The molecule has 5 nitrogen and oxygen atoms in total. The number of hydrogen-bond donors (Lipinski definition) is 0. The normalized spacial score (nSPS) is 21.0. The lowest BCUT2D eigenvalue weighted by atomic mass is 9.87. The van der Waals surface area contributed by atoms with E-state index in [2.05, 4.69) is 0 Å². The molecule has 130 valence electrons. The highest BCUT2D eigenvalue weighted by atomic mass is 16.5. The topological polar surface area (TPSA) is 49.9 Å². The summed E-state index contributed by atoms with van der Waals surface area (Å²) in [5, 5.41) is 0. The van der Waals surface area contributed by atoms with Gasteiger partial charge in [-0.1, -0.05) is 17.7 Å². The lowest BCUT2D eigenvalue weighted by Gasteiger charge is -2.46. The van der Waals surface area contributed by atoms with Crippen LogP contribution in [0, 0.1) is 6.92 Å². The first kappa shape index (κ1) is 17.0. The van der Waals surface area contributed by atoms with E-state index < -0.39 is 0 Å². The fourth-order valence-electron chi connectivity index (χ4n) is 3.97. The van der Waals surface area contributed by atoms with Crippen LogP contribution in [0.1, 0.15) is 42.1 Å². The summed E-state index contributed by atoms with van der Waals surface area (Å²) in [4.78, 5) is 29.5. The molecule has 0 radical (unpaired) electrons. The number of aryl methyl sites for hydroxylation is 1. The van der Waals surface area contributed by atoms with Crippen molar-refractivity contribution in [2.24, 2.45) is 0 Å². The molecule has 5 heteroatoms. The van der Waals surface area contributed by atoms with Gasteiger partial charge in [-0.05, 0) is 38.8 Å². The van der Waals surface area contributed by atoms with Crippen LogP contribution in [-0.2, 0) is 9.53 Å². The first-order valence-corrected chi connectivity index (χ1v) is 8.80. The van der Waals surface area contributed by atoms with Crippen LogP contribution >= 0.6 is 0 Å². The van der Waals surface area contributed by atoms with E-state index in [0.717, 1.165) is 18.4 Å². The zero-order chi connectivity index (χ0) is 17.2. The van der Waals surface area contributed by atoms with E-state index in [0.29, 0.717) is 44.8 Å². The Balaban J connectivity index is 1.89. The van der Waals surface area contributed by atoms with Crippen LogP contribution in [0.5, 0.6) is 0 Å². The second kappa shape index (κ2) is 6.93. The minimum Gasteiger partial charge on any atom is -0.381 e. The number of nitrogens with zero attached hydrogens (tertiary/aromatic N) is 2. The smallest absolute Gasteiger partial charge is 0.253 e. The maximum atomic E-state index is 13.0. The van der Waals surface area contributed by atoms with Crippen molar-refractivity contribution in [3.63, 3.8) is 0 Å². The molecule has 1 aromatic rings. The Kier molecular flexibility index (Phi) is 4.90. The number of ether oxygens (including phenoxy) is 1. The summed E-state index contributed by atoms with van der Waals surface area (Å²) in [6, 6.07) is 7.68. The predicted molar refractivity (Wildman–Crippen MR) is 91.9 cm³/mol. The SMILES string of the molecule is CCN1C(=O)CCN(C(=O)c2cccc(C)c2)CC12CCOCC2. The van der Waals surface area contributed by atoms with Gasteiger partial charge in [-0.15, -0.1) is 0 Å². The highest BCUT2D eigenvalue weighted by Gasteiger charge is 2.44. The van der Waals surface area contributed by atoms with Crippen molar-refractivity contribution >= 4 is 11.8 Å². The van der Waals surface area contributed by atoms with Gasteiger partial charge < -0.3 is 14.5 Å². The lowest BCUT2D eigenvalue weighted by Crippen LogP contribution is -2.58. The van der Waals surface area contributed by atoms with Crippen molar-refractivity contribution in [3.05, 3.63) is 35.4 Å². The molecule has 0 N–H and O–H groups in total. The van der Waals surface area contributed by atoms with Gasteiger partial charge in [-0.2, -0.15) is 0 Å². The monoisotopic (exact) mass is 330 g/mol. The largest absolute Gasteiger partial charge is 0.381 e. The Bertz CT molecular complexity index is 623. The molecule has 2 saturated heterocycles. The summed E-state index contributed by atoms with van der Waals surface area (Å²) in [7, 11) is 0. The van der Waals surface area contributed by atoms with Crippen molar-refractivity contribution in [1.82, 2.24) is 9.80 Å². The van der Waals surface area contributed by atoms with Crippen LogP contribution in [0.3, 0.4) is 0 Å². The molecule has 0 aliphatic carbocycles. The first-order chi connectivity index (χ1) is 11.6. The Labute approximate surface area is 143 Å². The molecule has 0 unspecified atom stereocenters. The molecule has 2 heterocycles. The maximum absolute atomic E-state index is 13.0. The average molecular weight is 330 g/mol. The zero-order valence-corrected chi connectivity index (χ0v) is 14.6. The van der Waals surface area contributed by atoms with E-state index >= 15 is 0 Å². The van der Waals surface area contributed by atoms with Crippen molar-refractivity contribution in [2.75, 3.05) is 32.8 Å². The van der Waals surface area contributed by atoms with E-state index in [1.54, 1.807) is 0 Å². The van der Waals surface area contributed by atoms with E-state index in [1.807, 2.05) is 47.9 Å². The molecule has 2 aliphatic heterocycles. The summed E-state index contributed by atoms with van der Waals surface area (Å²) in [5.74, 6) is 0.175. The summed E-state index contributed by atoms with van der Waals surface area (Å²) in [6.45, 7) is 7.08. The summed E-state index contributed by atoms with van der Waals surface area (Å²) in [6.07, 6.45) is 1.99. The van der Waals surface area contributed by atoms with Crippen LogP contribution in [-0.4, -0.2) is 60.0 Å². The van der Waals surface area contributed by atoms with E-state index in [9.17, 15) is 9.59 Å². The standard InChI is InChI=1S/C19H26N2O3/c1-3-21-17(22)7-10-20(14-19(21)8-11-24-12-9-19)18(23)16-6-4-5-15(2)13-16/h4-6,13H,3,7-12,14H2,1-2H3. The average Bonchev–Trinajstić information content (AvgIpc) is 2.71. The van der Waals surface area contributed by atoms with Crippen molar-refractivity contribution in [3.8, 4) is 0 Å². The van der Waals surface area contributed by atoms with Gasteiger partial charge in [-0.3, -0.25) is 9.59 Å². The fraction of sp³-hybridized carbons (Fsp3) is 0.579. The van der Waals surface area contributed by atoms with Crippen molar-refractivity contribution in [1.29, 1.82) is 0 Å². The van der Waals surface area contributed by atoms with Gasteiger partial charge in [0.25, 0.3) is 5.91 Å². The second-order valence-electron chi connectivity index (χ2n) is 6.82. The third kappa shape index (κ3) is 3.18. The van der Waals surface area contributed by atoms with Crippen LogP contribution in [0.25, 0.3) is 0 Å². The minimum atomic E-state index is -0.278. The number of carbonyl (C=O) groups excluding carboxylic acids is 2. The van der Waals surface area contributed by atoms with Gasteiger partial charge in [0, 0.05) is 44.8 Å². The molecular weight excluding hydrogens is 304 g/mol. The van der Waals surface area contributed by atoms with E-state index in [4.69, 9.17) is 4.74 Å². The molecular formula is C19H26N2O3. The van der Waals surface area contributed by atoms with Gasteiger partial charge in [0.2, 0.25) is 5.91 Å². The molecule has 2 fully saturated rings. The lowest BCUT2D eigenvalue weighted by molar-refractivity contribution is -0.139. The third-order valence-electron chi connectivity index (χ3n) is 5.25. The second-order valence-corrected chi connectivity index (χ2v) is 6.82. The molecule has 3 rings (SSSR count). The molecule has 1 aromatic carbocycles. The zero-order valence-electron chi connectivity index (χ0n) is 14.6.